The van der Waals surface area contributed by atoms with E-state index in [4.69, 9.17) is 15.3 Å². The molecule has 0 rings (SSSR count). The van der Waals surface area contributed by atoms with E-state index in [0.29, 0.717) is 26.2 Å². The molecule has 0 aromatic heterocycles. The second-order valence-corrected chi connectivity index (χ2v) is 3.82. The molecule has 0 aliphatic heterocycles. The third-order valence-electron chi connectivity index (χ3n) is 2.11. The minimum Gasteiger partial charge on any atom is -0.480 e. The molecule has 1 unspecified atom stereocenters. The highest BCUT2D eigenvalue weighted by molar-refractivity contribution is 5.75. The van der Waals surface area contributed by atoms with E-state index in [1.165, 1.54) is 0 Å². The Kier molecular flexibility index (Phi) is 10.1. The normalized spacial score (nSPS) is 12.0. The lowest BCUT2D eigenvalue weighted by Crippen LogP contribution is -2.51. The number of aliphatic carboxylic acids is 3. The van der Waals surface area contributed by atoms with Gasteiger partial charge in [0.15, 0.2) is 6.17 Å². The number of carboxylic acids is 3. The number of carbonyl (C=O) groups is 3. The maximum absolute atomic E-state index is 10.8. The van der Waals surface area contributed by atoms with E-state index in [9.17, 15) is 14.4 Å². The average molecular weight is 292 g/mol. The van der Waals surface area contributed by atoms with Gasteiger partial charge in [0.2, 0.25) is 0 Å². The quantitative estimate of drug-likeness (QED) is 0.137. The maximum atomic E-state index is 10.8. The van der Waals surface area contributed by atoms with Crippen LogP contribution in [0.25, 0.3) is 0 Å². The zero-order chi connectivity index (χ0) is 15.4. The summed E-state index contributed by atoms with van der Waals surface area (Å²) in [4.78, 5) is 31.3. The highest BCUT2D eigenvalue weighted by Crippen LogP contribution is 1.78. The van der Waals surface area contributed by atoms with Crippen molar-refractivity contribution in [2.24, 2.45) is 0 Å². The molecule has 0 aliphatic carbocycles. The van der Waals surface area contributed by atoms with E-state index >= 15 is 0 Å². The van der Waals surface area contributed by atoms with Crippen molar-refractivity contribution in [1.82, 2.24) is 21.3 Å². The molecule has 0 saturated heterocycles. The van der Waals surface area contributed by atoms with Gasteiger partial charge in [0.05, 0.1) is 13.1 Å². The summed E-state index contributed by atoms with van der Waals surface area (Å²) < 4.78 is 0. The van der Waals surface area contributed by atoms with Gasteiger partial charge < -0.3 is 26.0 Å². The van der Waals surface area contributed by atoms with Crippen LogP contribution in [0, 0.1) is 0 Å². The topological polar surface area (TPSA) is 160 Å². The smallest absolute Gasteiger partial charge is 0.335 e. The van der Waals surface area contributed by atoms with Crippen LogP contribution in [0.5, 0.6) is 0 Å². The molecular formula is C10H20N4O6. The number of rotatable bonds is 13. The third-order valence-corrected chi connectivity index (χ3v) is 2.11. The monoisotopic (exact) mass is 292 g/mol. The van der Waals surface area contributed by atoms with Crippen LogP contribution in [-0.2, 0) is 14.4 Å². The Balaban J connectivity index is 3.56. The fourth-order valence-corrected chi connectivity index (χ4v) is 1.24. The minimum atomic E-state index is -1.19. The van der Waals surface area contributed by atoms with E-state index in [1.807, 2.05) is 0 Å². The van der Waals surface area contributed by atoms with Crippen LogP contribution in [0.4, 0.5) is 0 Å². The Bertz CT molecular complexity index is 325. The van der Waals surface area contributed by atoms with Crippen LogP contribution in [0.2, 0.25) is 0 Å². The lowest BCUT2D eigenvalue weighted by molar-refractivity contribution is -0.141. The number of hydrogen-bond donors (Lipinski definition) is 7. The minimum absolute atomic E-state index is 0.111. The van der Waals surface area contributed by atoms with Crippen molar-refractivity contribution in [3.8, 4) is 0 Å². The lowest BCUT2D eigenvalue weighted by Gasteiger charge is -2.15. The largest absolute Gasteiger partial charge is 0.480 e. The number of nitrogens with one attached hydrogen (secondary N) is 4. The van der Waals surface area contributed by atoms with Crippen LogP contribution in [-0.4, -0.2) is 78.7 Å². The zero-order valence-corrected chi connectivity index (χ0v) is 10.9. The lowest BCUT2D eigenvalue weighted by atomic mass is 10.4. The molecule has 0 aromatic rings. The molecule has 20 heavy (non-hydrogen) atoms. The van der Waals surface area contributed by atoms with Gasteiger partial charge in [0, 0.05) is 26.2 Å². The first-order valence-electron chi connectivity index (χ1n) is 5.98. The zero-order valence-electron chi connectivity index (χ0n) is 10.9. The van der Waals surface area contributed by atoms with Crippen molar-refractivity contribution < 1.29 is 29.7 Å². The van der Waals surface area contributed by atoms with Crippen LogP contribution < -0.4 is 21.3 Å². The molecule has 10 nitrogen and oxygen atoms in total. The van der Waals surface area contributed by atoms with E-state index in [2.05, 4.69) is 21.3 Å². The van der Waals surface area contributed by atoms with Gasteiger partial charge >= 0.3 is 17.9 Å². The third kappa shape index (κ3) is 11.3. The highest BCUT2D eigenvalue weighted by Gasteiger charge is 2.16. The molecule has 0 radical (unpaired) electrons. The van der Waals surface area contributed by atoms with Crippen molar-refractivity contribution in [3.63, 3.8) is 0 Å². The average Bonchev–Trinajstić information content (AvgIpc) is 2.34. The summed E-state index contributed by atoms with van der Waals surface area (Å²) in [7, 11) is 0. The Morgan fingerprint density at radius 2 is 1.30 bits per heavy atom. The van der Waals surface area contributed by atoms with E-state index in [0.717, 1.165) is 0 Å². The molecule has 116 valence electrons. The first-order valence-corrected chi connectivity index (χ1v) is 5.98. The van der Waals surface area contributed by atoms with Gasteiger partial charge in [-0.2, -0.15) is 0 Å². The summed E-state index contributed by atoms with van der Waals surface area (Å²) in [5, 5.41) is 36.2. The summed E-state index contributed by atoms with van der Waals surface area (Å²) in [6, 6.07) is 0. The van der Waals surface area contributed by atoms with Crippen molar-refractivity contribution in [3.05, 3.63) is 0 Å². The van der Waals surface area contributed by atoms with Gasteiger partial charge in [-0.15, -0.1) is 0 Å². The van der Waals surface area contributed by atoms with Crippen molar-refractivity contribution in [1.29, 1.82) is 0 Å². The summed E-state index contributed by atoms with van der Waals surface area (Å²) in [5.74, 6) is -3.25. The van der Waals surface area contributed by atoms with Gasteiger partial charge in [-0.1, -0.05) is 0 Å². The van der Waals surface area contributed by atoms with Crippen LogP contribution in [0.15, 0.2) is 0 Å². The molecule has 0 heterocycles. The standard InChI is InChI=1S/C10H20N4O6/c15-7(16)5-12-2-1-11-3-4-13-9(10(19)20)14-6-8(17)18/h9,11-14H,1-6H2,(H,15,16)(H,17,18)(H,19,20). The Morgan fingerprint density at radius 1 is 0.750 bits per heavy atom. The van der Waals surface area contributed by atoms with Crippen LogP contribution >= 0.6 is 0 Å². The molecule has 1 atom stereocenters. The molecular weight excluding hydrogens is 272 g/mol. The number of carboxylic acid groups (broad SMARTS) is 3. The van der Waals surface area contributed by atoms with Crippen LogP contribution in [0.3, 0.4) is 0 Å². The Hall–Kier alpha value is -1.75. The molecule has 0 aromatic carbocycles. The SMILES string of the molecule is O=C(O)CNCCNCCNC(NCC(=O)O)C(=O)O. The van der Waals surface area contributed by atoms with E-state index in [-0.39, 0.29) is 6.54 Å². The van der Waals surface area contributed by atoms with Gasteiger partial charge in [0.1, 0.15) is 0 Å². The van der Waals surface area contributed by atoms with Gasteiger partial charge in [-0.25, -0.2) is 4.79 Å². The molecule has 10 heteroatoms. The summed E-state index contributed by atoms with van der Waals surface area (Å²) >= 11 is 0. The van der Waals surface area contributed by atoms with Crippen molar-refractivity contribution in [2.75, 3.05) is 39.3 Å². The fourth-order valence-electron chi connectivity index (χ4n) is 1.24. The van der Waals surface area contributed by atoms with Gasteiger partial charge in [-0.3, -0.25) is 20.2 Å². The molecule has 0 spiro atoms. The first kappa shape index (κ1) is 18.2. The van der Waals surface area contributed by atoms with E-state index in [1.54, 1.807) is 0 Å². The number of hydrogen-bond acceptors (Lipinski definition) is 7. The predicted molar refractivity (Wildman–Crippen MR) is 68.4 cm³/mol. The Morgan fingerprint density at radius 3 is 1.85 bits per heavy atom. The van der Waals surface area contributed by atoms with Gasteiger partial charge in [-0.05, 0) is 0 Å². The second-order valence-electron chi connectivity index (χ2n) is 3.82. The Labute approximate surface area is 115 Å². The molecule has 0 fully saturated rings. The fraction of sp³-hybridized carbons (Fsp3) is 0.700. The van der Waals surface area contributed by atoms with Crippen molar-refractivity contribution >= 4 is 17.9 Å². The van der Waals surface area contributed by atoms with Crippen molar-refractivity contribution in [2.45, 2.75) is 6.17 Å². The predicted octanol–water partition coefficient (Wildman–Crippen LogP) is -3.08. The highest BCUT2D eigenvalue weighted by atomic mass is 16.4. The molecule has 0 bridgehead atoms. The summed E-state index contributed by atoms with van der Waals surface area (Å²) in [6.07, 6.45) is -1.13. The summed E-state index contributed by atoms with van der Waals surface area (Å²) in [6.45, 7) is 1.24. The maximum Gasteiger partial charge on any atom is 0.335 e. The molecule has 0 aliphatic rings. The molecule has 0 amide bonds. The molecule has 0 saturated carbocycles. The first-order chi connectivity index (χ1) is 9.43. The second kappa shape index (κ2) is 11.1. The summed E-state index contributed by atoms with van der Waals surface area (Å²) in [5.41, 5.74) is 0. The van der Waals surface area contributed by atoms with E-state index < -0.39 is 30.6 Å². The van der Waals surface area contributed by atoms with Crippen LogP contribution in [0.1, 0.15) is 0 Å². The van der Waals surface area contributed by atoms with Gasteiger partial charge in [0.25, 0.3) is 0 Å². The molecule has 7 N–H and O–H groups in total.